The fourth-order valence-electron chi connectivity index (χ4n) is 1.80. The Morgan fingerprint density at radius 1 is 1.45 bits per heavy atom. The van der Waals surface area contributed by atoms with Gasteiger partial charge in [-0.2, -0.15) is 0 Å². The Labute approximate surface area is 126 Å². The van der Waals surface area contributed by atoms with E-state index in [1.54, 1.807) is 18.3 Å². The van der Waals surface area contributed by atoms with Crippen LogP contribution in [-0.2, 0) is 11.3 Å². The molecule has 0 atom stereocenters. The van der Waals surface area contributed by atoms with E-state index >= 15 is 0 Å². The van der Waals surface area contributed by atoms with Crippen molar-refractivity contribution in [3.63, 3.8) is 0 Å². The molecule has 0 fully saturated rings. The Morgan fingerprint density at radius 3 is 2.85 bits per heavy atom. The minimum atomic E-state index is -1.25. The average Bonchev–Trinajstić information content (AvgIpc) is 2.71. The van der Waals surface area contributed by atoms with Crippen LogP contribution in [0.15, 0.2) is 30.5 Å². The van der Waals surface area contributed by atoms with Crippen molar-refractivity contribution in [3.8, 4) is 0 Å². The number of hydrogen-bond acceptors (Lipinski definition) is 3. The van der Waals surface area contributed by atoms with Crippen LogP contribution in [0.4, 0.5) is 0 Å². The number of nitrogens with zero attached hydrogens (tertiary/aromatic N) is 2. The van der Waals surface area contributed by atoms with Crippen LogP contribution in [0, 0.1) is 6.92 Å². The molecule has 20 heavy (non-hydrogen) atoms. The number of benzene rings is 1. The molecule has 1 aromatic carbocycles. The number of halogens is 2. The smallest absolute Gasteiger partial charge is 0.106 e. The van der Waals surface area contributed by atoms with Gasteiger partial charge in [0.15, 0.2) is 0 Å². The van der Waals surface area contributed by atoms with E-state index in [-0.39, 0.29) is 0 Å². The zero-order valence-corrected chi connectivity index (χ0v) is 12.1. The molecular weight excluding hydrogens is 299 g/mol. The zero-order valence-electron chi connectivity index (χ0n) is 10.6. The first-order valence-electron chi connectivity index (χ1n) is 5.82. The lowest BCUT2D eigenvalue weighted by atomic mass is 10.2. The first-order chi connectivity index (χ1) is 9.47. The highest BCUT2D eigenvalue weighted by atomic mass is 35.5. The highest BCUT2D eigenvalue weighted by Gasteiger charge is 2.08. The Kier molecular flexibility index (Phi) is 4.47. The van der Waals surface area contributed by atoms with Crippen molar-refractivity contribution < 1.29 is 9.90 Å². The number of aryl methyl sites for hydroxylation is 1. The molecule has 0 N–H and O–H groups in total. The van der Waals surface area contributed by atoms with Crippen LogP contribution in [-0.4, -0.2) is 15.5 Å². The van der Waals surface area contributed by atoms with Gasteiger partial charge in [-0.25, -0.2) is 4.98 Å². The Hall–Kier alpha value is -1.78. The molecule has 0 radical (unpaired) electrons. The van der Waals surface area contributed by atoms with Gasteiger partial charge in [-0.05, 0) is 36.8 Å². The summed E-state index contributed by atoms with van der Waals surface area (Å²) >= 11 is 12.0. The number of aliphatic carboxylic acids is 1. The lowest BCUT2D eigenvalue weighted by Gasteiger charge is -2.10. The van der Waals surface area contributed by atoms with Gasteiger partial charge in [-0.15, -0.1) is 0 Å². The maximum absolute atomic E-state index is 10.5. The minimum absolute atomic E-state index is 0.481. The Morgan fingerprint density at radius 2 is 2.20 bits per heavy atom. The van der Waals surface area contributed by atoms with Crippen molar-refractivity contribution in [3.05, 3.63) is 57.6 Å². The van der Waals surface area contributed by atoms with Gasteiger partial charge < -0.3 is 14.5 Å². The maximum Gasteiger partial charge on any atom is 0.106 e. The normalized spacial score (nSPS) is 11.2. The quantitative estimate of drug-likeness (QED) is 0.814. The van der Waals surface area contributed by atoms with Crippen LogP contribution in [0.3, 0.4) is 0 Å². The van der Waals surface area contributed by atoms with E-state index in [4.69, 9.17) is 23.2 Å². The lowest BCUT2D eigenvalue weighted by molar-refractivity contribution is -0.297. The monoisotopic (exact) mass is 309 g/mol. The van der Waals surface area contributed by atoms with E-state index in [1.165, 1.54) is 6.08 Å². The van der Waals surface area contributed by atoms with Gasteiger partial charge in [0.05, 0.1) is 24.4 Å². The van der Waals surface area contributed by atoms with Crippen molar-refractivity contribution in [1.82, 2.24) is 9.55 Å². The molecule has 0 saturated heterocycles. The summed E-state index contributed by atoms with van der Waals surface area (Å²) in [6, 6.07) is 5.25. The molecular formula is C14H11Cl2N2O2-. The van der Waals surface area contributed by atoms with Gasteiger partial charge in [0.25, 0.3) is 0 Å². The molecule has 0 aliphatic rings. The number of carboxylic acid groups (broad SMARTS) is 1. The number of aromatic nitrogens is 2. The summed E-state index contributed by atoms with van der Waals surface area (Å²) in [6.07, 6.45) is 4.01. The van der Waals surface area contributed by atoms with Crippen molar-refractivity contribution in [2.45, 2.75) is 13.5 Å². The summed E-state index contributed by atoms with van der Waals surface area (Å²) in [6.45, 7) is 2.31. The number of carbonyl (C=O) groups excluding carboxylic acids is 1. The molecule has 1 heterocycles. The van der Waals surface area contributed by atoms with Crippen LogP contribution in [0.25, 0.3) is 6.08 Å². The predicted molar refractivity (Wildman–Crippen MR) is 76.6 cm³/mol. The van der Waals surface area contributed by atoms with Crippen LogP contribution >= 0.6 is 23.2 Å². The van der Waals surface area contributed by atoms with E-state index in [0.717, 1.165) is 17.5 Å². The van der Waals surface area contributed by atoms with Crippen molar-refractivity contribution in [1.29, 1.82) is 0 Å². The van der Waals surface area contributed by atoms with Crippen molar-refractivity contribution >= 4 is 35.2 Å². The molecule has 0 amide bonds. The third kappa shape index (κ3) is 3.40. The van der Waals surface area contributed by atoms with Crippen LogP contribution in [0.1, 0.15) is 17.1 Å². The van der Waals surface area contributed by atoms with Gasteiger partial charge >= 0.3 is 0 Å². The van der Waals surface area contributed by atoms with Gasteiger partial charge in [-0.1, -0.05) is 29.3 Å². The summed E-state index contributed by atoms with van der Waals surface area (Å²) in [4.78, 5) is 14.6. The van der Waals surface area contributed by atoms with Gasteiger partial charge in [-0.3, -0.25) is 0 Å². The third-order valence-electron chi connectivity index (χ3n) is 2.82. The van der Waals surface area contributed by atoms with E-state index in [1.807, 2.05) is 17.6 Å². The first-order valence-corrected chi connectivity index (χ1v) is 6.58. The zero-order chi connectivity index (χ0) is 14.7. The molecule has 1 aromatic heterocycles. The lowest BCUT2D eigenvalue weighted by Crippen LogP contribution is -2.18. The molecule has 2 rings (SSSR count). The van der Waals surface area contributed by atoms with Crippen molar-refractivity contribution in [2.24, 2.45) is 0 Å². The highest BCUT2D eigenvalue weighted by molar-refractivity contribution is 6.35. The standard InChI is InChI=1S/C14H12Cl2N2O2/c1-9-17-7-12(4-5-14(19)20)18(9)8-10-2-3-11(15)6-13(10)16/h2-7H,8H2,1H3,(H,19,20)/p-1/b5-4+. The van der Waals surface area contributed by atoms with Gasteiger partial charge in [0.1, 0.15) is 5.82 Å². The van der Waals surface area contributed by atoms with Crippen molar-refractivity contribution in [2.75, 3.05) is 0 Å². The fraction of sp³-hybridized carbons (Fsp3) is 0.143. The molecule has 0 aliphatic carbocycles. The predicted octanol–water partition coefficient (Wildman–Crippen LogP) is 2.31. The average molecular weight is 310 g/mol. The molecule has 6 heteroatoms. The summed E-state index contributed by atoms with van der Waals surface area (Å²) in [7, 11) is 0. The van der Waals surface area contributed by atoms with Crippen LogP contribution < -0.4 is 5.11 Å². The molecule has 4 nitrogen and oxygen atoms in total. The number of carbonyl (C=O) groups is 1. The summed E-state index contributed by atoms with van der Waals surface area (Å²) < 4.78 is 1.86. The van der Waals surface area contributed by atoms with E-state index in [0.29, 0.717) is 22.3 Å². The molecule has 0 saturated carbocycles. The second-order valence-electron chi connectivity index (χ2n) is 4.20. The van der Waals surface area contributed by atoms with Crippen LogP contribution in [0.2, 0.25) is 10.0 Å². The molecule has 0 aliphatic heterocycles. The number of hydrogen-bond donors (Lipinski definition) is 0. The first kappa shape index (κ1) is 14.6. The van der Waals surface area contributed by atoms with E-state index < -0.39 is 5.97 Å². The minimum Gasteiger partial charge on any atom is -0.545 e. The fourth-order valence-corrected chi connectivity index (χ4v) is 2.27. The van der Waals surface area contributed by atoms with Crippen LogP contribution in [0.5, 0.6) is 0 Å². The molecule has 2 aromatic rings. The largest absolute Gasteiger partial charge is 0.545 e. The second kappa shape index (κ2) is 6.11. The molecule has 0 spiro atoms. The second-order valence-corrected chi connectivity index (χ2v) is 5.05. The summed E-state index contributed by atoms with van der Waals surface area (Å²) in [5, 5.41) is 11.6. The molecule has 104 valence electrons. The number of carboxylic acids is 1. The van der Waals surface area contributed by atoms with Gasteiger partial charge in [0, 0.05) is 10.0 Å². The summed E-state index contributed by atoms with van der Waals surface area (Å²) in [5.41, 5.74) is 1.54. The molecule has 0 unspecified atom stereocenters. The highest BCUT2D eigenvalue weighted by Crippen LogP contribution is 2.23. The van der Waals surface area contributed by atoms with E-state index in [9.17, 15) is 9.90 Å². The number of rotatable bonds is 4. The van der Waals surface area contributed by atoms with Gasteiger partial charge in [0.2, 0.25) is 0 Å². The Bertz CT molecular complexity index is 678. The number of imidazole rings is 1. The maximum atomic E-state index is 10.5. The Balaban J connectivity index is 2.33. The third-order valence-corrected chi connectivity index (χ3v) is 3.41. The SMILES string of the molecule is Cc1ncc(/C=C/C(=O)[O-])n1Cc1ccc(Cl)cc1Cl. The van der Waals surface area contributed by atoms with E-state index in [2.05, 4.69) is 4.98 Å². The summed E-state index contributed by atoms with van der Waals surface area (Å²) in [5.74, 6) is -0.492. The topological polar surface area (TPSA) is 57.9 Å². The molecule has 0 bridgehead atoms.